The minimum atomic E-state index is 0.217. The molecule has 0 aliphatic carbocycles. The van der Waals surface area contributed by atoms with Gasteiger partial charge in [-0.3, -0.25) is 0 Å². The standard InChI is InChI=1S/C15H23NO2/c1-5-17-14-9-10(2)13(8-11(14)3)15-12(4)18-7-6-16-15/h8-9,12,15-16H,5-7H2,1-4H3. The second kappa shape index (κ2) is 5.72. The highest BCUT2D eigenvalue weighted by molar-refractivity contribution is 5.43. The zero-order valence-corrected chi connectivity index (χ0v) is 11.7. The summed E-state index contributed by atoms with van der Waals surface area (Å²) in [5.74, 6) is 0.989. The minimum absolute atomic E-state index is 0.217. The summed E-state index contributed by atoms with van der Waals surface area (Å²) in [5.41, 5.74) is 3.78. The average molecular weight is 249 g/mol. The van der Waals surface area contributed by atoms with Gasteiger partial charge in [0.1, 0.15) is 5.75 Å². The number of rotatable bonds is 3. The molecule has 1 aromatic carbocycles. The minimum Gasteiger partial charge on any atom is -0.494 e. The second-order valence-corrected chi connectivity index (χ2v) is 4.92. The maximum Gasteiger partial charge on any atom is 0.122 e. The lowest BCUT2D eigenvalue weighted by Crippen LogP contribution is -2.40. The van der Waals surface area contributed by atoms with Crippen LogP contribution in [0.25, 0.3) is 0 Å². The van der Waals surface area contributed by atoms with Crippen LogP contribution < -0.4 is 10.1 Å². The lowest BCUT2D eigenvalue weighted by atomic mass is 9.94. The molecule has 0 radical (unpaired) electrons. The van der Waals surface area contributed by atoms with Crippen molar-refractivity contribution in [3.63, 3.8) is 0 Å². The number of ether oxygens (including phenoxy) is 2. The van der Waals surface area contributed by atoms with Crippen molar-refractivity contribution in [3.8, 4) is 5.75 Å². The predicted molar refractivity (Wildman–Crippen MR) is 73.2 cm³/mol. The Bertz CT molecular complexity index is 417. The van der Waals surface area contributed by atoms with E-state index in [1.54, 1.807) is 0 Å². The van der Waals surface area contributed by atoms with E-state index >= 15 is 0 Å². The van der Waals surface area contributed by atoms with Crippen molar-refractivity contribution in [2.24, 2.45) is 0 Å². The molecular formula is C15H23NO2. The third-order valence-electron chi connectivity index (χ3n) is 3.51. The summed E-state index contributed by atoms with van der Waals surface area (Å²) in [5, 5.41) is 3.54. The first-order valence-corrected chi connectivity index (χ1v) is 6.72. The molecule has 1 heterocycles. The lowest BCUT2D eigenvalue weighted by Gasteiger charge is -2.32. The first kappa shape index (κ1) is 13.4. The van der Waals surface area contributed by atoms with Crippen molar-refractivity contribution in [2.75, 3.05) is 19.8 Å². The molecule has 3 nitrogen and oxygen atoms in total. The van der Waals surface area contributed by atoms with Gasteiger partial charge >= 0.3 is 0 Å². The van der Waals surface area contributed by atoms with E-state index in [2.05, 4.69) is 38.2 Å². The van der Waals surface area contributed by atoms with Gasteiger partial charge in [-0.1, -0.05) is 6.07 Å². The number of aryl methyl sites for hydroxylation is 2. The van der Waals surface area contributed by atoms with Crippen LogP contribution in [-0.4, -0.2) is 25.9 Å². The Morgan fingerprint density at radius 3 is 2.78 bits per heavy atom. The van der Waals surface area contributed by atoms with Crippen LogP contribution in [0, 0.1) is 13.8 Å². The fourth-order valence-corrected chi connectivity index (χ4v) is 2.54. The van der Waals surface area contributed by atoms with Gasteiger partial charge in [0.2, 0.25) is 0 Å². The summed E-state index contributed by atoms with van der Waals surface area (Å²) in [4.78, 5) is 0. The van der Waals surface area contributed by atoms with Gasteiger partial charge in [-0.25, -0.2) is 0 Å². The van der Waals surface area contributed by atoms with Crippen molar-refractivity contribution in [1.82, 2.24) is 5.32 Å². The summed E-state index contributed by atoms with van der Waals surface area (Å²) < 4.78 is 11.4. The number of hydrogen-bond donors (Lipinski definition) is 1. The monoisotopic (exact) mass is 249 g/mol. The fraction of sp³-hybridized carbons (Fsp3) is 0.600. The maximum atomic E-state index is 5.72. The molecule has 100 valence electrons. The van der Waals surface area contributed by atoms with Gasteiger partial charge in [-0.2, -0.15) is 0 Å². The third-order valence-corrected chi connectivity index (χ3v) is 3.51. The highest BCUT2D eigenvalue weighted by Crippen LogP contribution is 2.30. The normalized spacial score (nSPS) is 24.0. The van der Waals surface area contributed by atoms with Gasteiger partial charge in [0.25, 0.3) is 0 Å². The molecule has 1 aliphatic heterocycles. The van der Waals surface area contributed by atoms with E-state index in [4.69, 9.17) is 9.47 Å². The van der Waals surface area contributed by atoms with Crippen molar-refractivity contribution >= 4 is 0 Å². The third kappa shape index (κ3) is 2.68. The topological polar surface area (TPSA) is 30.5 Å². The van der Waals surface area contributed by atoms with Gasteiger partial charge in [0.15, 0.2) is 0 Å². The summed E-state index contributed by atoms with van der Waals surface area (Å²) in [6.07, 6.45) is 0.217. The van der Waals surface area contributed by atoms with E-state index in [1.807, 2.05) is 6.92 Å². The highest BCUT2D eigenvalue weighted by atomic mass is 16.5. The van der Waals surface area contributed by atoms with Crippen molar-refractivity contribution in [1.29, 1.82) is 0 Å². The zero-order valence-electron chi connectivity index (χ0n) is 11.7. The molecule has 1 fully saturated rings. The van der Waals surface area contributed by atoms with E-state index in [9.17, 15) is 0 Å². The van der Waals surface area contributed by atoms with E-state index < -0.39 is 0 Å². The zero-order chi connectivity index (χ0) is 13.1. The van der Waals surface area contributed by atoms with Crippen molar-refractivity contribution < 1.29 is 9.47 Å². The van der Waals surface area contributed by atoms with Gasteiger partial charge in [-0.15, -0.1) is 0 Å². The summed E-state index contributed by atoms with van der Waals surface area (Å²) in [6, 6.07) is 4.65. The van der Waals surface area contributed by atoms with E-state index in [-0.39, 0.29) is 12.1 Å². The first-order chi connectivity index (χ1) is 8.63. The van der Waals surface area contributed by atoms with Crippen molar-refractivity contribution in [3.05, 3.63) is 28.8 Å². The molecule has 2 atom stereocenters. The summed E-state index contributed by atoms with van der Waals surface area (Å²) in [6.45, 7) is 10.8. The Morgan fingerprint density at radius 2 is 2.11 bits per heavy atom. The highest BCUT2D eigenvalue weighted by Gasteiger charge is 2.25. The largest absolute Gasteiger partial charge is 0.494 e. The Morgan fingerprint density at radius 1 is 1.33 bits per heavy atom. The Balaban J connectivity index is 2.30. The Kier molecular flexibility index (Phi) is 4.25. The number of morpholine rings is 1. The molecular weight excluding hydrogens is 226 g/mol. The number of hydrogen-bond acceptors (Lipinski definition) is 3. The van der Waals surface area contributed by atoms with E-state index in [0.717, 1.165) is 18.9 Å². The lowest BCUT2D eigenvalue weighted by molar-refractivity contribution is 0.00736. The Hall–Kier alpha value is -1.06. The first-order valence-electron chi connectivity index (χ1n) is 6.72. The molecule has 0 aromatic heterocycles. The molecule has 0 saturated carbocycles. The van der Waals surface area contributed by atoms with Crippen LogP contribution in [-0.2, 0) is 4.74 Å². The molecule has 0 amide bonds. The maximum absolute atomic E-state index is 5.72. The molecule has 2 rings (SSSR count). The molecule has 1 saturated heterocycles. The predicted octanol–water partition coefficient (Wildman–Crippen LogP) is 2.75. The second-order valence-electron chi connectivity index (χ2n) is 4.92. The van der Waals surface area contributed by atoms with Gasteiger partial charge in [0.05, 0.1) is 25.4 Å². The van der Waals surface area contributed by atoms with Crippen LogP contribution in [0.1, 0.15) is 36.6 Å². The van der Waals surface area contributed by atoms with Gasteiger partial charge in [0, 0.05) is 6.54 Å². The molecule has 1 aromatic rings. The molecule has 3 heteroatoms. The van der Waals surface area contributed by atoms with Crippen LogP contribution in [0.5, 0.6) is 5.75 Å². The average Bonchev–Trinajstić information content (AvgIpc) is 2.35. The van der Waals surface area contributed by atoms with E-state index in [1.165, 1.54) is 16.7 Å². The van der Waals surface area contributed by atoms with Crippen molar-refractivity contribution in [2.45, 2.75) is 39.8 Å². The van der Waals surface area contributed by atoms with Crippen LogP contribution in [0.15, 0.2) is 12.1 Å². The Labute approximate surface area is 109 Å². The fourth-order valence-electron chi connectivity index (χ4n) is 2.54. The molecule has 2 unspecified atom stereocenters. The molecule has 1 N–H and O–H groups in total. The summed E-state index contributed by atoms with van der Waals surface area (Å²) >= 11 is 0. The SMILES string of the molecule is CCOc1cc(C)c(C2NCCOC2C)cc1C. The van der Waals surface area contributed by atoms with Crippen LogP contribution in [0.3, 0.4) is 0 Å². The summed E-state index contributed by atoms with van der Waals surface area (Å²) in [7, 11) is 0. The molecule has 18 heavy (non-hydrogen) atoms. The molecule has 0 spiro atoms. The van der Waals surface area contributed by atoms with E-state index in [0.29, 0.717) is 6.61 Å². The smallest absolute Gasteiger partial charge is 0.122 e. The molecule has 0 bridgehead atoms. The van der Waals surface area contributed by atoms with Crippen LogP contribution in [0.4, 0.5) is 0 Å². The quantitative estimate of drug-likeness (QED) is 0.893. The van der Waals surface area contributed by atoms with Crippen LogP contribution >= 0.6 is 0 Å². The van der Waals surface area contributed by atoms with Crippen LogP contribution in [0.2, 0.25) is 0 Å². The number of benzene rings is 1. The molecule has 1 aliphatic rings. The number of nitrogens with one attached hydrogen (secondary N) is 1. The van der Waals surface area contributed by atoms with Gasteiger partial charge < -0.3 is 14.8 Å². The van der Waals surface area contributed by atoms with Gasteiger partial charge in [-0.05, 0) is 50.5 Å².